The van der Waals surface area contributed by atoms with Gasteiger partial charge in [0.1, 0.15) is 5.69 Å². The molecule has 14 heavy (non-hydrogen) atoms. The summed E-state index contributed by atoms with van der Waals surface area (Å²) in [6, 6.07) is 0. The number of anilines is 1. The summed E-state index contributed by atoms with van der Waals surface area (Å²) in [6.45, 7) is 0.860. The second kappa shape index (κ2) is 4.23. The molecule has 0 spiro atoms. The number of hydrogen-bond acceptors (Lipinski definition) is 4. The van der Waals surface area contributed by atoms with E-state index in [0.717, 1.165) is 18.5 Å². The summed E-state index contributed by atoms with van der Waals surface area (Å²) in [4.78, 5) is 13.4. The summed E-state index contributed by atoms with van der Waals surface area (Å²) in [6.07, 6.45) is 2.40. The summed E-state index contributed by atoms with van der Waals surface area (Å²) in [5, 5.41) is 3.92. The third-order valence-corrected chi connectivity index (χ3v) is 2.09. The van der Waals surface area contributed by atoms with Crippen molar-refractivity contribution < 1.29 is 0 Å². The maximum atomic E-state index is 11.4. The Labute approximate surface area is 83.1 Å². The highest BCUT2D eigenvalue weighted by Gasteiger charge is 2.05. The lowest BCUT2D eigenvalue weighted by Crippen LogP contribution is -2.25. The molecule has 1 heterocycles. The topological polar surface area (TPSA) is 64.2 Å². The first-order valence-corrected chi connectivity index (χ1v) is 4.47. The van der Waals surface area contributed by atoms with E-state index < -0.39 is 0 Å². The molecule has 0 aromatic carbocycles. The number of rotatable bonds is 3. The van der Waals surface area contributed by atoms with Gasteiger partial charge in [0.25, 0.3) is 5.56 Å². The molecule has 0 saturated carbocycles. The third-order valence-electron chi connectivity index (χ3n) is 2.09. The first kappa shape index (κ1) is 10.7. The van der Waals surface area contributed by atoms with Crippen molar-refractivity contribution in [1.29, 1.82) is 0 Å². The van der Waals surface area contributed by atoms with Crippen LogP contribution in [0.3, 0.4) is 0 Å². The summed E-state index contributed by atoms with van der Waals surface area (Å²) in [5.41, 5.74) is 6.59. The Morgan fingerprint density at radius 1 is 1.57 bits per heavy atom. The van der Waals surface area contributed by atoms with Gasteiger partial charge in [-0.2, -0.15) is 5.10 Å². The van der Waals surface area contributed by atoms with Gasteiger partial charge in [-0.1, -0.05) is 0 Å². The van der Waals surface area contributed by atoms with Crippen LogP contribution in [0.4, 0.5) is 5.69 Å². The van der Waals surface area contributed by atoms with Crippen molar-refractivity contribution in [1.82, 2.24) is 14.7 Å². The van der Waals surface area contributed by atoms with E-state index in [1.54, 1.807) is 13.2 Å². The molecule has 5 nitrogen and oxygen atoms in total. The lowest BCUT2D eigenvalue weighted by atomic mass is 10.2. The lowest BCUT2D eigenvalue weighted by molar-refractivity contribution is 0.413. The molecule has 78 valence electrons. The first-order valence-electron chi connectivity index (χ1n) is 4.47. The van der Waals surface area contributed by atoms with Gasteiger partial charge < -0.3 is 10.6 Å². The Hall–Kier alpha value is -1.36. The van der Waals surface area contributed by atoms with Gasteiger partial charge in [0.05, 0.1) is 6.20 Å². The minimum Gasteiger partial charge on any atom is -0.394 e. The lowest BCUT2D eigenvalue weighted by Gasteiger charge is -2.10. The SMILES string of the molecule is CN(C)CCc1cnn(C)c(=O)c1N. The first-order chi connectivity index (χ1) is 6.52. The predicted octanol–water partition coefficient (Wildman–Crippen LogP) is -0.533. The van der Waals surface area contributed by atoms with E-state index in [2.05, 4.69) is 5.10 Å². The molecule has 0 amide bonds. The molecule has 0 aliphatic rings. The average Bonchev–Trinajstić information content (AvgIpc) is 2.13. The normalized spacial score (nSPS) is 10.9. The van der Waals surface area contributed by atoms with Gasteiger partial charge in [-0.3, -0.25) is 4.79 Å². The molecule has 1 aromatic rings. The Bertz CT molecular complexity index is 370. The highest BCUT2D eigenvalue weighted by atomic mass is 16.1. The molecule has 0 fully saturated rings. The minimum absolute atomic E-state index is 0.221. The monoisotopic (exact) mass is 196 g/mol. The molecule has 0 unspecified atom stereocenters. The van der Waals surface area contributed by atoms with Crippen LogP contribution in [0, 0.1) is 0 Å². The molecule has 2 N–H and O–H groups in total. The van der Waals surface area contributed by atoms with E-state index in [1.165, 1.54) is 4.68 Å². The summed E-state index contributed by atoms with van der Waals surface area (Å²) >= 11 is 0. The molecule has 1 aromatic heterocycles. The molecule has 0 radical (unpaired) electrons. The fraction of sp³-hybridized carbons (Fsp3) is 0.556. The van der Waals surface area contributed by atoms with Gasteiger partial charge in [-0.05, 0) is 20.5 Å². The fourth-order valence-electron chi connectivity index (χ4n) is 1.13. The van der Waals surface area contributed by atoms with E-state index in [0.29, 0.717) is 5.69 Å². The molecule has 5 heteroatoms. The zero-order valence-corrected chi connectivity index (χ0v) is 8.82. The average molecular weight is 196 g/mol. The quantitative estimate of drug-likeness (QED) is 0.705. The van der Waals surface area contributed by atoms with E-state index in [1.807, 2.05) is 19.0 Å². The number of aryl methyl sites for hydroxylation is 1. The Balaban J connectivity index is 2.89. The van der Waals surface area contributed by atoms with E-state index in [9.17, 15) is 4.79 Å². The Morgan fingerprint density at radius 2 is 2.21 bits per heavy atom. The summed E-state index contributed by atoms with van der Waals surface area (Å²) in [7, 11) is 5.55. The van der Waals surface area contributed by atoms with Crippen molar-refractivity contribution in [2.24, 2.45) is 7.05 Å². The van der Waals surface area contributed by atoms with Crippen LogP contribution in [-0.4, -0.2) is 35.3 Å². The van der Waals surface area contributed by atoms with Gasteiger partial charge in [-0.25, -0.2) is 4.68 Å². The summed E-state index contributed by atoms with van der Waals surface area (Å²) in [5.74, 6) is 0. The van der Waals surface area contributed by atoms with Crippen LogP contribution < -0.4 is 11.3 Å². The van der Waals surface area contributed by atoms with E-state index >= 15 is 0 Å². The van der Waals surface area contributed by atoms with Gasteiger partial charge in [-0.15, -0.1) is 0 Å². The van der Waals surface area contributed by atoms with Crippen molar-refractivity contribution in [3.05, 3.63) is 22.1 Å². The molecule has 0 atom stereocenters. The fourth-order valence-corrected chi connectivity index (χ4v) is 1.13. The number of hydrogen-bond donors (Lipinski definition) is 1. The van der Waals surface area contributed by atoms with E-state index in [4.69, 9.17) is 5.73 Å². The zero-order chi connectivity index (χ0) is 10.7. The van der Waals surface area contributed by atoms with Crippen molar-refractivity contribution in [3.63, 3.8) is 0 Å². The van der Waals surface area contributed by atoms with Crippen LogP contribution in [0.1, 0.15) is 5.56 Å². The Kier molecular flexibility index (Phi) is 3.24. The molecule has 0 bridgehead atoms. The largest absolute Gasteiger partial charge is 0.394 e. The zero-order valence-electron chi connectivity index (χ0n) is 8.82. The number of nitrogens with zero attached hydrogens (tertiary/aromatic N) is 3. The number of nitrogen functional groups attached to an aromatic ring is 1. The summed E-state index contributed by atoms with van der Waals surface area (Å²) < 4.78 is 1.24. The second-order valence-corrected chi connectivity index (χ2v) is 3.57. The highest BCUT2D eigenvalue weighted by Crippen LogP contribution is 2.04. The number of nitrogens with two attached hydrogens (primary N) is 1. The van der Waals surface area contributed by atoms with Crippen molar-refractivity contribution in [2.75, 3.05) is 26.4 Å². The van der Waals surface area contributed by atoms with Crippen molar-refractivity contribution in [3.8, 4) is 0 Å². The molecular formula is C9H16N4O. The standard InChI is InChI=1S/C9H16N4O/c1-12(2)5-4-7-6-11-13(3)9(14)8(7)10/h6H,4-5,10H2,1-3H3. The second-order valence-electron chi connectivity index (χ2n) is 3.57. The smallest absolute Gasteiger partial charge is 0.289 e. The Morgan fingerprint density at radius 3 is 2.79 bits per heavy atom. The maximum absolute atomic E-state index is 11.4. The molecule has 0 saturated heterocycles. The predicted molar refractivity (Wildman–Crippen MR) is 56.1 cm³/mol. The minimum atomic E-state index is -0.221. The highest BCUT2D eigenvalue weighted by molar-refractivity contribution is 5.42. The van der Waals surface area contributed by atoms with Crippen LogP contribution >= 0.6 is 0 Å². The van der Waals surface area contributed by atoms with Crippen LogP contribution in [0.2, 0.25) is 0 Å². The van der Waals surface area contributed by atoms with Crippen molar-refractivity contribution >= 4 is 5.69 Å². The van der Waals surface area contributed by atoms with E-state index in [-0.39, 0.29) is 5.56 Å². The van der Waals surface area contributed by atoms with Gasteiger partial charge >= 0.3 is 0 Å². The third kappa shape index (κ3) is 2.32. The molecule has 1 rings (SSSR count). The van der Waals surface area contributed by atoms with Crippen LogP contribution in [0.5, 0.6) is 0 Å². The van der Waals surface area contributed by atoms with Crippen LogP contribution in [0.25, 0.3) is 0 Å². The van der Waals surface area contributed by atoms with Crippen LogP contribution in [-0.2, 0) is 13.5 Å². The maximum Gasteiger partial charge on any atom is 0.289 e. The van der Waals surface area contributed by atoms with Gasteiger partial charge in [0, 0.05) is 19.2 Å². The van der Waals surface area contributed by atoms with Crippen LogP contribution in [0.15, 0.2) is 11.0 Å². The molecular weight excluding hydrogens is 180 g/mol. The number of likely N-dealkylation sites (N-methyl/N-ethyl adjacent to an activating group) is 1. The van der Waals surface area contributed by atoms with Gasteiger partial charge in [0.2, 0.25) is 0 Å². The van der Waals surface area contributed by atoms with Crippen molar-refractivity contribution in [2.45, 2.75) is 6.42 Å². The molecule has 0 aliphatic carbocycles. The van der Waals surface area contributed by atoms with Gasteiger partial charge in [0.15, 0.2) is 0 Å². The molecule has 0 aliphatic heterocycles. The number of aromatic nitrogens is 2.